The third kappa shape index (κ3) is 2.88. The molecule has 1 unspecified atom stereocenters. The van der Waals surface area contributed by atoms with E-state index in [1.165, 1.54) is 17.0 Å². The number of anilines is 1. The van der Waals surface area contributed by atoms with Gasteiger partial charge in [0.25, 0.3) is 0 Å². The molecular weight excluding hydrogens is 275 g/mol. The van der Waals surface area contributed by atoms with Crippen LogP contribution in [0.2, 0.25) is 0 Å². The number of benzene rings is 1. The number of halogens is 3. The summed E-state index contributed by atoms with van der Waals surface area (Å²) in [7, 11) is 0. The molecule has 0 radical (unpaired) electrons. The fourth-order valence-electron chi connectivity index (χ4n) is 2.24. The van der Waals surface area contributed by atoms with E-state index < -0.39 is 11.7 Å². The highest BCUT2D eigenvalue weighted by molar-refractivity contribution is 7.80. The average Bonchev–Trinajstić information content (AvgIpc) is 2.68. The third-order valence-corrected chi connectivity index (χ3v) is 3.73. The van der Waals surface area contributed by atoms with Crippen LogP contribution in [0.15, 0.2) is 18.2 Å². The summed E-state index contributed by atoms with van der Waals surface area (Å²) in [4.78, 5) is 13.1. The smallest absolute Gasteiger partial charge is 0.311 e. The molecule has 2 rings (SSSR count). The van der Waals surface area contributed by atoms with E-state index in [9.17, 15) is 18.0 Å². The van der Waals surface area contributed by atoms with E-state index in [1.807, 2.05) is 0 Å². The molecule has 1 aromatic carbocycles. The number of hydrogen-bond acceptors (Lipinski definition) is 2. The minimum atomic E-state index is -4.46. The second kappa shape index (κ2) is 5.07. The molecule has 2 nitrogen and oxygen atoms in total. The lowest BCUT2D eigenvalue weighted by Crippen LogP contribution is -2.27. The van der Waals surface area contributed by atoms with Gasteiger partial charge in [-0.3, -0.25) is 4.79 Å². The van der Waals surface area contributed by atoms with E-state index in [4.69, 9.17) is 0 Å². The Balaban J connectivity index is 2.44. The zero-order valence-corrected chi connectivity index (χ0v) is 11.3. The van der Waals surface area contributed by atoms with E-state index in [0.717, 1.165) is 6.07 Å². The minimum absolute atomic E-state index is 0.0115. The van der Waals surface area contributed by atoms with Crippen LogP contribution in [0.4, 0.5) is 18.9 Å². The highest BCUT2D eigenvalue weighted by atomic mass is 32.1. The van der Waals surface area contributed by atoms with Crippen LogP contribution in [0.1, 0.15) is 17.5 Å². The van der Waals surface area contributed by atoms with Crippen LogP contribution >= 0.6 is 12.6 Å². The third-order valence-electron chi connectivity index (χ3n) is 3.21. The predicted molar refractivity (Wildman–Crippen MR) is 70.5 cm³/mol. The number of alkyl halides is 3. The number of aryl methyl sites for hydroxylation is 1. The maximum Gasteiger partial charge on any atom is 0.418 e. The second-order valence-corrected chi connectivity index (χ2v) is 5.14. The number of amides is 1. The molecule has 104 valence electrons. The molecule has 1 aliphatic rings. The molecular formula is C13H14F3NOS. The second-order valence-electron chi connectivity index (χ2n) is 4.78. The van der Waals surface area contributed by atoms with Gasteiger partial charge in [-0.25, -0.2) is 0 Å². The summed E-state index contributed by atoms with van der Waals surface area (Å²) < 4.78 is 39.0. The van der Waals surface area contributed by atoms with Gasteiger partial charge in [-0.05, 0) is 36.3 Å². The van der Waals surface area contributed by atoms with Gasteiger partial charge in [0.2, 0.25) is 5.91 Å². The van der Waals surface area contributed by atoms with E-state index in [2.05, 4.69) is 12.6 Å². The Bertz CT molecular complexity index is 501. The Kier molecular flexibility index (Phi) is 3.80. The van der Waals surface area contributed by atoms with E-state index >= 15 is 0 Å². The van der Waals surface area contributed by atoms with Crippen molar-refractivity contribution in [1.29, 1.82) is 0 Å². The molecule has 1 fully saturated rings. The van der Waals surface area contributed by atoms with Crippen molar-refractivity contribution in [1.82, 2.24) is 0 Å². The van der Waals surface area contributed by atoms with Crippen LogP contribution in [0.25, 0.3) is 0 Å². The SMILES string of the molecule is Cc1ccc(C(F)(F)F)c(N2CC(CS)CC2=O)c1. The highest BCUT2D eigenvalue weighted by Crippen LogP contribution is 2.39. The fourth-order valence-corrected chi connectivity index (χ4v) is 2.49. The van der Waals surface area contributed by atoms with Crippen LogP contribution in [0.5, 0.6) is 0 Å². The molecule has 1 saturated heterocycles. The topological polar surface area (TPSA) is 20.3 Å². The Morgan fingerprint density at radius 2 is 2.11 bits per heavy atom. The molecule has 1 aromatic rings. The summed E-state index contributed by atoms with van der Waals surface area (Å²) >= 11 is 4.11. The summed E-state index contributed by atoms with van der Waals surface area (Å²) in [5.41, 5.74) is -0.0989. The van der Waals surface area contributed by atoms with Gasteiger partial charge in [0.1, 0.15) is 0 Å². The zero-order chi connectivity index (χ0) is 14.2. The van der Waals surface area contributed by atoms with Crippen LogP contribution in [0.3, 0.4) is 0 Å². The van der Waals surface area contributed by atoms with Crippen LogP contribution in [-0.2, 0) is 11.0 Å². The highest BCUT2D eigenvalue weighted by Gasteiger charge is 2.38. The van der Waals surface area contributed by atoms with Gasteiger partial charge in [-0.1, -0.05) is 6.07 Å². The number of thiol groups is 1. The molecule has 0 bridgehead atoms. The lowest BCUT2D eigenvalue weighted by molar-refractivity contribution is -0.137. The first-order valence-electron chi connectivity index (χ1n) is 5.92. The van der Waals surface area contributed by atoms with Crippen molar-refractivity contribution < 1.29 is 18.0 Å². The normalized spacial score (nSPS) is 20.2. The average molecular weight is 289 g/mol. The van der Waals surface area contributed by atoms with Gasteiger partial charge in [-0.15, -0.1) is 0 Å². The summed E-state index contributed by atoms with van der Waals surface area (Å²) in [6.45, 7) is 2.01. The molecule has 1 atom stereocenters. The number of nitrogens with zero attached hydrogens (tertiary/aromatic N) is 1. The Morgan fingerprint density at radius 1 is 1.42 bits per heavy atom. The van der Waals surface area contributed by atoms with Crippen LogP contribution in [-0.4, -0.2) is 18.2 Å². The molecule has 0 N–H and O–H groups in total. The van der Waals surface area contributed by atoms with Gasteiger partial charge in [0.15, 0.2) is 0 Å². The molecule has 0 aromatic heterocycles. The molecule has 19 heavy (non-hydrogen) atoms. The monoisotopic (exact) mass is 289 g/mol. The Morgan fingerprint density at radius 3 is 2.63 bits per heavy atom. The number of carbonyl (C=O) groups is 1. The van der Waals surface area contributed by atoms with Gasteiger partial charge < -0.3 is 4.90 Å². The van der Waals surface area contributed by atoms with Crippen molar-refractivity contribution in [2.75, 3.05) is 17.2 Å². The largest absolute Gasteiger partial charge is 0.418 e. The zero-order valence-electron chi connectivity index (χ0n) is 10.4. The van der Waals surface area contributed by atoms with E-state index in [-0.39, 0.29) is 23.9 Å². The fraction of sp³-hybridized carbons (Fsp3) is 0.462. The quantitative estimate of drug-likeness (QED) is 0.828. The summed E-state index contributed by atoms with van der Waals surface area (Å²) in [5, 5.41) is 0. The molecule has 1 aliphatic heterocycles. The van der Waals surface area contributed by atoms with Crippen LogP contribution in [0, 0.1) is 12.8 Å². The number of carbonyl (C=O) groups excluding carboxylic acids is 1. The Hall–Kier alpha value is -1.17. The van der Waals surface area contributed by atoms with Crippen molar-refractivity contribution >= 4 is 24.2 Å². The van der Waals surface area contributed by atoms with Crippen molar-refractivity contribution in [3.8, 4) is 0 Å². The van der Waals surface area contributed by atoms with Crippen LogP contribution < -0.4 is 4.90 Å². The maximum absolute atomic E-state index is 13.0. The summed E-state index contributed by atoms with van der Waals surface area (Å²) in [5.74, 6) is 0.239. The lowest BCUT2D eigenvalue weighted by atomic mass is 10.1. The van der Waals surface area contributed by atoms with Crippen molar-refractivity contribution in [3.63, 3.8) is 0 Å². The standard InChI is InChI=1S/C13H14F3NOS/c1-8-2-3-10(13(14,15)16)11(4-8)17-6-9(7-19)5-12(17)18/h2-4,9,19H,5-7H2,1H3. The number of hydrogen-bond donors (Lipinski definition) is 1. The summed E-state index contributed by atoms with van der Waals surface area (Å²) in [6.07, 6.45) is -4.20. The van der Waals surface area contributed by atoms with E-state index in [1.54, 1.807) is 6.92 Å². The van der Waals surface area contributed by atoms with Crippen molar-refractivity contribution in [3.05, 3.63) is 29.3 Å². The van der Waals surface area contributed by atoms with E-state index in [0.29, 0.717) is 17.9 Å². The van der Waals surface area contributed by atoms with Crippen molar-refractivity contribution in [2.45, 2.75) is 19.5 Å². The first-order chi connectivity index (χ1) is 8.82. The number of rotatable bonds is 2. The lowest BCUT2D eigenvalue weighted by Gasteiger charge is -2.22. The van der Waals surface area contributed by atoms with Gasteiger partial charge in [0, 0.05) is 13.0 Å². The molecule has 0 aliphatic carbocycles. The van der Waals surface area contributed by atoms with Gasteiger partial charge >= 0.3 is 6.18 Å². The molecule has 1 amide bonds. The predicted octanol–water partition coefficient (Wildman–Crippen LogP) is 3.30. The Labute approximate surface area is 115 Å². The maximum atomic E-state index is 13.0. The van der Waals surface area contributed by atoms with Gasteiger partial charge in [-0.2, -0.15) is 25.8 Å². The molecule has 0 spiro atoms. The summed E-state index contributed by atoms with van der Waals surface area (Å²) in [6, 6.07) is 3.86. The first-order valence-corrected chi connectivity index (χ1v) is 6.55. The molecule has 0 saturated carbocycles. The molecule has 6 heteroatoms. The minimum Gasteiger partial charge on any atom is -0.311 e. The van der Waals surface area contributed by atoms with Gasteiger partial charge in [0.05, 0.1) is 11.3 Å². The molecule has 1 heterocycles. The van der Waals surface area contributed by atoms with Crippen molar-refractivity contribution in [2.24, 2.45) is 5.92 Å². The first kappa shape index (κ1) is 14.2.